The van der Waals surface area contributed by atoms with Crippen molar-refractivity contribution in [2.75, 3.05) is 0 Å². The van der Waals surface area contributed by atoms with E-state index in [0.717, 1.165) is 23.3 Å². The second-order valence-electron chi connectivity index (χ2n) is 3.34. The molecular formula is C11H12N2OS. The van der Waals surface area contributed by atoms with Gasteiger partial charge in [0.05, 0.1) is 10.4 Å². The lowest BCUT2D eigenvalue weighted by atomic mass is 10.2. The molecule has 2 heterocycles. The van der Waals surface area contributed by atoms with Crippen LogP contribution in [0, 0.1) is 0 Å². The topological polar surface area (TPSA) is 34.9 Å². The minimum Gasteiger partial charge on any atom is -0.298 e. The molecule has 0 aromatic carbocycles. The molecule has 4 heteroatoms. The molecule has 0 saturated heterocycles. The molecule has 2 aromatic heterocycles. The van der Waals surface area contributed by atoms with Gasteiger partial charge in [0.15, 0.2) is 6.29 Å². The molecule has 0 atom stereocenters. The highest BCUT2D eigenvalue weighted by Gasteiger charge is 2.11. The molecule has 3 nitrogen and oxygen atoms in total. The minimum absolute atomic E-state index is 0.655. The number of aryl methyl sites for hydroxylation is 2. The van der Waals surface area contributed by atoms with Crippen molar-refractivity contribution in [3.05, 3.63) is 28.8 Å². The molecule has 0 aliphatic heterocycles. The quantitative estimate of drug-likeness (QED) is 0.745. The molecule has 0 spiro atoms. The Bertz CT molecular complexity index is 484. The van der Waals surface area contributed by atoms with E-state index in [1.54, 1.807) is 22.2 Å². The molecule has 78 valence electrons. The first kappa shape index (κ1) is 10.1. The maximum absolute atomic E-state index is 10.8. The van der Waals surface area contributed by atoms with Gasteiger partial charge in [0.1, 0.15) is 5.69 Å². The molecule has 0 bridgehead atoms. The van der Waals surface area contributed by atoms with Crippen molar-refractivity contribution in [3.8, 4) is 10.6 Å². The van der Waals surface area contributed by atoms with Gasteiger partial charge in [-0.15, -0.1) is 11.3 Å². The third kappa shape index (κ3) is 1.85. The van der Waals surface area contributed by atoms with Gasteiger partial charge in [0.25, 0.3) is 0 Å². The summed E-state index contributed by atoms with van der Waals surface area (Å²) in [5.41, 5.74) is 1.44. The van der Waals surface area contributed by atoms with Gasteiger partial charge in [-0.2, -0.15) is 5.10 Å². The number of nitrogens with zero attached hydrogens (tertiary/aromatic N) is 2. The lowest BCUT2D eigenvalue weighted by Gasteiger charge is -1.91. The van der Waals surface area contributed by atoms with Crippen molar-refractivity contribution in [3.63, 3.8) is 0 Å². The van der Waals surface area contributed by atoms with E-state index in [9.17, 15) is 4.79 Å². The minimum atomic E-state index is 0.655. The van der Waals surface area contributed by atoms with E-state index in [-0.39, 0.29) is 0 Å². The van der Waals surface area contributed by atoms with E-state index in [1.165, 1.54) is 4.88 Å². The molecule has 0 amide bonds. The Morgan fingerprint density at radius 3 is 2.93 bits per heavy atom. The van der Waals surface area contributed by atoms with Gasteiger partial charge in [0, 0.05) is 18.1 Å². The summed E-state index contributed by atoms with van der Waals surface area (Å²) >= 11 is 1.69. The zero-order valence-corrected chi connectivity index (χ0v) is 9.54. The summed E-state index contributed by atoms with van der Waals surface area (Å²) in [6.07, 6.45) is 3.62. The van der Waals surface area contributed by atoms with Crippen LogP contribution in [0.4, 0.5) is 0 Å². The van der Waals surface area contributed by atoms with Crippen molar-refractivity contribution in [1.29, 1.82) is 0 Å². The summed E-state index contributed by atoms with van der Waals surface area (Å²) in [5, 5.41) is 4.30. The van der Waals surface area contributed by atoms with Gasteiger partial charge >= 0.3 is 0 Å². The van der Waals surface area contributed by atoms with E-state index >= 15 is 0 Å². The molecule has 2 aromatic rings. The summed E-state index contributed by atoms with van der Waals surface area (Å²) in [5.74, 6) is 0. The molecule has 0 saturated carbocycles. The van der Waals surface area contributed by atoms with Gasteiger partial charge in [-0.1, -0.05) is 6.92 Å². The maximum Gasteiger partial charge on any atom is 0.153 e. The molecule has 2 rings (SSSR count). The summed E-state index contributed by atoms with van der Waals surface area (Å²) in [4.78, 5) is 13.2. The number of rotatable bonds is 3. The Labute approximate surface area is 92.4 Å². The van der Waals surface area contributed by atoms with E-state index in [1.807, 2.05) is 13.1 Å². The number of aldehydes is 1. The summed E-state index contributed by atoms with van der Waals surface area (Å²) in [7, 11) is 1.82. The van der Waals surface area contributed by atoms with Crippen molar-refractivity contribution in [2.24, 2.45) is 7.05 Å². The van der Waals surface area contributed by atoms with Crippen LogP contribution in [0.2, 0.25) is 0 Å². The Balaban J connectivity index is 2.47. The molecule has 0 aliphatic rings. The highest BCUT2D eigenvalue weighted by atomic mass is 32.1. The summed E-state index contributed by atoms with van der Waals surface area (Å²) in [6.45, 7) is 2.12. The standard InChI is InChI=1S/C11H12N2OS/c1-3-9-4-5-10(15-9)11-8(7-14)6-13(2)12-11/h4-7H,3H2,1-2H3. The first-order chi connectivity index (χ1) is 7.24. The van der Waals surface area contributed by atoms with E-state index in [0.29, 0.717) is 5.56 Å². The molecule has 0 aliphatic carbocycles. The predicted octanol–water partition coefficient (Wildman–Crippen LogP) is 2.52. The normalized spacial score (nSPS) is 10.5. The van der Waals surface area contributed by atoms with Gasteiger partial charge in [-0.3, -0.25) is 9.48 Å². The van der Waals surface area contributed by atoms with Gasteiger partial charge < -0.3 is 0 Å². The molecule has 0 unspecified atom stereocenters. The summed E-state index contributed by atoms with van der Waals surface area (Å²) < 4.78 is 1.67. The SMILES string of the molecule is CCc1ccc(-c2nn(C)cc2C=O)s1. The van der Waals surface area contributed by atoms with Crippen molar-refractivity contribution in [1.82, 2.24) is 9.78 Å². The van der Waals surface area contributed by atoms with Gasteiger partial charge in [0.2, 0.25) is 0 Å². The van der Waals surface area contributed by atoms with Crippen molar-refractivity contribution in [2.45, 2.75) is 13.3 Å². The van der Waals surface area contributed by atoms with Crippen LogP contribution in [0.3, 0.4) is 0 Å². The Morgan fingerprint density at radius 1 is 1.53 bits per heavy atom. The average molecular weight is 220 g/mol. The molecule has 15 heavy (non-hydrogen) atoms. The zero-order valence-electron chi connectivity index (χ0n) is 8.73. The van der Waals surface area contributed by atoms with Crippen LogP contribution in [-0.2, 0) is 13.5 Å². The Hall–Kier alpha value is -1.42. The van der Waals surface area contributed by atoms with Gasteiger partial charge in [-0.25, -0.2) is 0 Å². The maximum atomic E-state index is 10.8. The number of thiophene rings is 1. The molecule has 0 radical (unpaired) electrons. The number of hydrogen-bond acceptors (Lipinski definition) is 3. The van der Waals surface area contributed by atoms with Crippen LogP contribution < -0.4 is 0 Å². The highest BCUT2D eigenvalue weighted by molar-refractivity contribution is 7.15. The molecule has 0 N–H and O–H groups in total. The second-order valence-corrected chi connectivity index (χ2v) is 4.51. The lowest BCUT2D eigenvalue weighted by molar-refractivity contribution is 0.112. The first-order valence-electron chi connectivity index (χ1n) is 4.82. The van der Waals surface area contributed by atoms with E-state index in [4.69, 9.17) is 0 Å². The fraction of sp³-hybridized carbons (Fsp3) is 0.273. The van der Waals surface area contributed by atoms with E-state index in [2.05, 4.69) is 18.1 Å². The highest BCUT2D eigenvalue weighted by Crippen LogP contribution is 2.28. The number of aromatic nitrogens is 2. The molecule has 0 fully saturated rings. The third-order valence-electron chi connectivity index (χ3n) is 2.23. The second kappa shape index (κ2) is 3.98. The van der Waals surface area contributed by atoms with Crippen LogP contribution in [0.5, 0.6) is 0 Å². The lowest BCUT2D eigenvalue weighted by Crippen LogP contribution is -1.86. The van der Waals surface area contributed by atoms with Crippen LogP contribution in [0.15, 0.2) is 18.3 Å². The van der Waals surface area contributed by atoms with Gasteiger partial charge in [-0.05, 0) is 18.6 Å². The fourth-order valence-electron chi connectivity index (χ4n) is 1.48. The zero-order chi connectivity index (χ0) is 10.8. The smallest absolute Gasteiger partial charge is 0.153 e. The third-order valence-corrected chi connectivity index (χ3v) is 3.46. The number of carbonyl (C=O) groups is 1. The number of hydrogen-bond donors (Lipinski definition) is 0. The predicted molar refractivity (Wildman–Crippen MR) is 61.3 cm³/mol. The molecular weight excluding hydrogens is 208 g/mol. The Morgan fingerprint density at radius 2 is 2.33 bits per heavy atom. The van der Waals surface area contributed by atoms with E-state index < -0.39 is 0 Å². The van der Waals surface area contributed by atoms with Crippen molar-refractivity contribution >= 4 is 17.6 Å². The Kier molecular flexibility index (Phi) is 2.68. The van der Waals surface area contributed by atoms with Crippen molar-refractivity contribution < 1.29 is 4.79 Å². The van der Waals surface area contributed by atoms with Crippen LogP contribution >= 0.6 is 11.3 Å². The van der Waals surface area contributed by atoms with Crippen LogP contribution in [0.25, 0.3) is 10.6 Å². The largest absolute Gasteiger partial charge is 0.298 e. The fourth-order valence-corrected chi connectivity index (χ4v) is 2.43. The van der Waals surface area contributed by atoms with Crippen LogP contribution in [-0.4, -0.2) is 16.1 Å². The first-order valence-corrected chi connectivity index (χ1v) is 5.64. The van der Waals surface area contributed by atoms with Crippen LogP contribution in [0.1, 0.15) is 22.2 Å². The monoisotopic (exact) mass is 220 g/mol. The number of carbonyl (C=O) groups excluding carboxylic acids is 1. The summed E-state index contributed by atoms with van der Waals surface area (Å²) in [6, 6.07) is 4.11. The average Bonchev–Trinajstić information content (AvgIpc) is 2.82.